The minimum atomic E-state index is -0.562. The van der Waals surface area contributed by atoms with Gasteiger partial charge in [0, 0.05) is 17.4 Å². The molecule has 0 saturated heterocycles. The molecule has 6 nitrogen and oxygen atoms in total. The molecule has 0 amide bonds. The zero-order valence-corrected chi connectivity index (χ0v) is 15.7. The van der Waals surface area contributed by atoms with Gasteiger partial charge in [-0.3, -0.25) is 0 Å². The molecule has 0 spiro atoms. The van der Waals surface area contributed by atoms with E-state index in [9.17, 15) is 4.79 Å². The Bertz CT molecular complexity index is 1060. The minimum Gasteiger partial charge on any atom is -0.443 e. The van der Waals surface area contributed by atoms with Crippen molar-refractivity contribution in [2.75, 3.05) is 10.6 Å². The number of carbonyl (C=O) groups is 1. The number of nitrogens with zero attached hydrogens (tertiary/aromatic N) is 2. The molecular weight excluding hydrogens is 364 g/mol. The lowest BCUT2D eigenvalue weighted by molar-refractivity contribution is 0.138. The van der Waals surface area contributed by atoms with Crippen LogP contribution >= 0.6 is 0 Å². The smallest absolute Gasteiger partial charge is 0.437 e. The average molecular weight is 384 g/mol. The first-order valence-electron chi connectivity index (χ1n) is 9.23. The second kappa shape index (κ2) is 8.75. The van der Waals surface area contributed by atoms with Crippen LogP contribution in [0.1, 0.15) is 5.56 Å². The number of rotatable bonds is 6. The van der Waals surface area contributed by atoms with E-state index in [-0.39, 0.29) is 6.61 Å². The lowest BCUT2D eigenvalue weighted by Crippen LogP contribution is -2.17. The van der Waals surface area contributed by atoms with Gasteiger partial charge in [0.2, 0.25) is 0 Å². The van der Waals surface area contributed by atoms with Crippen molar-refractivity contribution in [2.45, 2.75) is 6.61 Å². The molecule has 4 aromatic rings. The fraction of sp³-hybridized carbons (Fsp3) is 0.0435. The van der Waals surface area contributed by atoms with E-state index in [1.807, 2.05) is 91.0 Å². The lowest BCUT2D eigenvalue weighted by atomic mass is 10.2. The van der Waals surface area contributed by atoms with E-state index in [1.165, 1.54) is 4.68 Å². The molecule has 0 saturated carbocycles. The van der Waals surface area contributed by atoms with Crippen molar-refractivity contribution in [1.29, 1.82) is 0 Å². The van der Waals surface area contributed by atoms with E-state index in [4.69, 9.17) is 4.74 Å². The van der Waals surface area contributed by atoms with Gasteiger partial charge in [0.25, 0.3) is 0 Å². The molecule has 0 bridgehead atoms. The van der Waals surface area contributed by atoms with Crippen molar-refractivity contribution in [2.24, 2.45) is 0 Å². The quantitative estimate of drug-likeness (QED) is 0.456. The molecule has 0 aliphatic rings. The van der Waals surface area contributed by atoms with Gasteiger partial charge in [0.15, 0.2) is 5.82 Å². The Hall–Kier alpha value is -4.06. The first-order chi connectivity index (χ1) is 14.3. The summed E-state index contributed by atoms with van der Waals surface area (Å²) in [4.78, 5) is 12.7. The molecule has 0 unspecified atom stereocenters. The van der Waals surface area contributed by atoms with E-state index in [1.54, 1.807) is 6.07 Å². The largest absolute Gasteiger partial charge is 0.443 e. The molecule has 1 heterocycles. The van der Waals surface area contributed by atoms with Crippen molar-refractivity contribution in [3.8, 4) is 0 Å². The van der Waals surface area contributed by atoms with Gasteiger partial charge in [-0.1, -0.05) is 66.7 Å². The molecular formula is C23H20N4O2. The standard InChI is InChI=1S/C23H20N4O2/c28-23(29-17-18-10-4-1-5-11-18)27-22(25-20-14-8-3-9-15-20)16-21(26-27)24-19-12-6-2-7-13-19/h1-16,25H,17H2,(H,24,26). The first-order valence-corrected chi connectivity index (χ1v) is 9.23. The monoisotopic (exact) mass is 384 g/mol. The van der Waals surface area contributed by atoms with Gasteiger partial charge in [-0.2, -0.15) is 0 Å². The maximum Gasteiger partial charge on any atom is 0.437 e. The van der Waals surface area contributed by atoms with Crippen LogP contribution in [0.5, 0.6) is 0 Å². The summed E-state index contributed by atoms with van der Waals surface area (Å²) in [5.41, 5.74) is 2.63. The number of carbonyl (C=O) groups excluding carboxylic acids is 1. The Morgan fingerprint density at radius 2 is 1.34 bits per heavy atom. The van der Waals surface area contributed by atoms with Gasteiger partial charge in [-0.05, 0) is 29.8 Å². The summed E-state index contributed by atoms with van der Waals surface area (Å²) >= 11 is 0. The molecule has 144 valence electrons. The van der Waals surface area contributed by atoms with Crippen LogP contribution in [0.25, 0.3) is 0 Å². The lowest BCUT2D eigenvalue weighted by Gasteiger charge is -2.09. The predicted molar refractivity (Wildman–Crippen MR) is 114 cm³/mol. The number of nitrogens with one attached hydrogen (secondary N) is 2. The zero-order valence-electron chi connectivity index (χ0n) is 15.7. The van der Waals surface area contributed by atoms with Gasteiger partial charge < -0.3 is 15.4 Å². The van der Waals surface area contributed by atoms with Crippen LogP contribution in [0.3, 0.4) is 0 Å². The van der Waals surface area contributed by atoms with Crippen molar-refractivity contribution in [3.05, 3.63) is 103 Å². The van der Waals surface area contributed by atoms with E-state index in [0.29, 0.717) is 11.6 Å². The molecule has 0 radical (unpaired) electrons. The van der Waals surface area contributed by atoms with Crippen LogP contribution in [-0.2, 0) is 11.3 Å². The summed E-state index contributed by atoms with van der Waals surface area (Å²) in [6.45, 7) is 0.172. The average Bonchev–Trinajstić information content (AvgIpc) is 3.16. The molecule has 0 aliphatic heterocycles. The predicted octanol–water partition coefficient (Wildman–Crippen LogP) is 5.56. The Morgan fingerprint density at radius 3 is 1.97 bits per heavy atom. The summed E-state index contributed by atoms with van der Waals surface area (Å²) in [6, 6.07) is 30.5. The van der Waals surface area contributed by atoms with Crippen LogP contribution in [0.15, 0.2) is 97.1 Å². The second-order valence-corrected chi connectivity index (χ2v) is 6.35. The highest BCUT2D eigenvalue weighted by Gasteiger charge is 2.16. The molecule has 6 heteroatoms. The third-order valence-electron chi connectivity index (χ3n) is 4.18. The first kappa shape index (κ1) is 18.3. The van der Waals surface area contributed by atoms with Crippen LogP contribution in [0, 0.1) is 0 Å². The summed E-state index contributed by atoms with van der Waals surface area (Å²) in [7, 11) is 0. The number of hydrogen-bond acceptors (Lipinski definition) is 5. The number of hydrogen-bond donors (Lipinski definition) is 2. The summed E-state index contributed by atoms with van der Waals surface area (Å²) in [6.07, 6.45) is -0.562. The number of ether oxygens (including phenoxy) is 1. The molecule has 0 aliphatic carbocycles. The van der Waals surface area contributed by atoms with Gasteiger partial charge in [-0.25, -0.2) is 4.79 Å². The minimum absolute atomic E-state index is 0.172. The number of anilines is 4. The Kier molecular flexibility index (Phi) is 5.53. The van der Waals surface area contributed by atoms with Crippen molar-refractivity contribution >= 4 is 29.1 Å². The van der Waals surface area contributed by atoms with Crippen LogP contribution in [0.2, 0.25) is 0 Å². The third-order valence-corrected chi connectivity index (χ3v) is 4.18. The second-order valence-electron chi connectivity index (χ2n) is 6.35. The van der Waals surface area contributed by atoms with E-state index < -0.39 is 6.09 Å². The van der Waals surface area contributed by atoms with Gasteiger partial charge in [-0.15, -0.1) is 9.78 Å². The van der Waals surface area contributed by atoms with Crippen LogP contribution < -0.4 is 10.6 Å². The van der Waals surface area contributed by atoms with Crippen molar-refractivity contribution < 1.29 is 9.53 Å². The summed E-state index contributed by atoms with van der Waals surface area (Å²) in [5.74, 6) is 1.04. The molecule has 4 rings (SSSR count). The summed E-state index contributed by atoms with van der Waals surface area (Å²) < 4.78 is 6.67. The van der Waals surface area contributed by atoms with Gasteiger partial charge >= 0.3 is 6.09 Å². The normalized spacial score (nSPS) is 10.3. The van der Waals surface area contributed by atoms with Crippen molar-refractivity contribution in [1.82, 2.24) is 9.78 Å². The van der Waals surface area contributed by atoms with Gasteiger partial charge in [0.05, 0.1) is 0 Å². The summed E-state index contributed by atoms with van der Waals surface area (Å²) in [5, 5.41) is 10.8. The maximum absolute atomic E-state index is 12.7. The molecule has 3 aromatic carbocycles. The van der Waals surface area contributed by atoms with E-state index in [0.717, 1.165) is 16.9 Å². The number of benzene rings is 3. The van der Waals surface area contributed by atoms with Gasteiger partial charge in [0.1, 0.15) is 12.4 Å². The molecule has 2 N–H and O–H groups in total. The SMILES string of the molecule is O=C(OCc1ccccc1)n1nc(Nc2ccccc2)cc1Nc1ccccc1. The van der Waals surface area contributed by atoms with Crippen LogP contribution in [0.4, 0.5) is 27.8 Å². The third kappa shape index (κ3) is 4.81. The molecule has 29 heavy (non-hydrogen) atoms. The zero-order chi connectivity index (χ0) is 19.9. The maximum atomic E-state index is 12.7. The fourth-order valence-electron chi connectivity index (χ4n) is 2.79. The highest BCUT2D eigenvalue weighted by atomic mass is 16.6. The van der Waals surface area contributed by atoms with E-state index in [2.05, 4.69) is 15.7 Å². The number of para-hydroxylation sites is 2. The molecule has 0 atom stereocenters. The highest BCUT2D eigenvalue weighted by Crippen LogP contribution is 2.23. The molecule has 0 fully saturated rings. The Morgan fingerprint density at radius 1 is 0.793 bits per heavy atom. The van der Waals surface area contributed by atoms with Crippen molar-refractivity contribution in [3.63, 3.8) is 0 Å². The topological polar surface area (TPSA) is 68.2 Å². The highest BCUT2D eigenvalue weighted by molar-refractivity contribution is 5.78. The Labute approximate surface area is 168 Å². The Balaban J connectivity index is 1.56. The number of aromatic nitrogens is 2. The molecule has 1 aromatic heterocycles. The van der Waals surface area contributed by atoms with E-state index >= 15 is 0 Å². The fourth-order valence-corrected chi connectivity index (χ4v) is 2.79. The van der Waals surface area contributed by atoms with Crippen LogP contribution in [-0.4, -0.2) is 15.9 Å².